The van der Waals surface area contributed by atoms with E-state index >= 15 is 0 Å². The molecule has 0 amide bonds. The van der Waals surface area contributed by atoms with E-state index < -0.39 is 0 Å². The van der Waals surface area contributed by atoms with Crippen molar-refractivity contribution < 1.29 is 4.74 Å². The lowest BCUT2D eigenvalue weighted by Gasteiger charge is -2.21. The van der Waals surface area contributed by atoms with Gasteiger partial charge in [-0.05, 0) is 57.0 Å². The number of benzene rings is 1. The maximum absolute atomic E-state index is 6.12. The van der Waals surface area contributed by atoms with Crippen molar-refractivity contribution in [1.29, 1.82) is 0 Å². The first-order valence-electron chi connectivity index (χ1n) is 7.09. The van der Waals surface area contributed by atoms with Gasteiger partial charge in [0.05, 0.1) is 0 Å². The molecule has 0 unspecified atom stereocenters. The van der Waals surface area contributed by atoms with Crippen LogP contribution in [0.5, 0.6) is 11.6 Å². The van der Waals surface area contributed by atoms with Crippen LogP contribution in [0, 0.1) is 0 Å². The Balaban J connectivity index is 2.18. The minimum Gasteiger partial charge on any atom is -0.439 e. The van der Waals surface area contributed by atoms with Gasteiger partial charge in [0.2, 0.25) is 5.88 Å². The van der Waals surface area contributed by atoms with Crippen LogP contribution in [0.25, 0.3) is 0 Å². The molecule has 1 aromatic carbocycles. The highest BCUT2D eigenvalue weighted by atomic mass is 35.5. The molecule has 4 heteroatoms. The lowest BCUT2D eigenvalue weighted by molar-refractivity contribution is 0.462. The third kappa shape index (κ3) is 4.64. The average Bonchev–Trinajstić information content (AvgIpc) is 2.39. The van der Waals surface area contributed by atoms with Crippen molar-refractivity contribution in [2.75, 3.05) is 5.32 Å². The maximum Gasteiger partial charge on any atom is 0.221 e. The Morgan fingerprint density at radius 2 is 1.95 bits per heavy atom. The quantitative estimate of drug-likeness (QED) is 0.832. The fourth-order valence-corrected chi connectivity index (χ4v) is 2.18. The molecule has 112 valence electrons. The standard InChI is InChI=1S/C17H21ClN2O/c1-5-12-11-13(9-10-14(12)18)21-16-8-6-7-15(19-16)20-17(2,3)4/h6-11H,5H2,1-4H3,(H,19,20). The van der Waals surface area contributed by atoms with E-state index in [0.717, 1.165) is 28.6 Å². The molecule has 1 heterocycles. The van der Waals surface area contributed by atoms with Gasteiger partial charge in [0.1, 0.15) is 11.6 Å². The number of nitrogens with one attached hydrogen (secondary N) is 1. The summed E-state index contributed by atoms with van der Waals surface area (Å²) in [7, 11) is 0. The van der Waals surface area contributed by atoms with Gasteiger partial charge >= 0.3 is 0 Å². The normalized spacial score (nSPS) is 11.3. The molecule has 3 nitrogen and oxygen atoms in total. The van der Waals surface area contributed by atoms with Crippen molar-refractivity contribution in [3.05, 3.63) is 47.0 Å². The van der Waals surface area contributed by atoms with Crippen LogP contribution in [-0.2, 0) is 6.42 Å². The summed E-state index contributed by atoms with van der Waals surface area (Å²) < 4.78 is 5.82. The molecule has 0 fully saturated rings. The number of hydrogen-bond acceptors (Lipinski definition) is 3. The predicted molar refractivity (Wildman–Crippen MR) is 88.5 cm³/mol. The van der Waals surface area contributed by atoms with Crippen LogP contribution in [0.3, 0.4) is 0 Å². The smallest absolute Gasteiger partial charge is 0.221 e. The Morgan fingerprint density at radius 1 is 1.19 bits per heavy atom. The topological polar surface area (TPSA) is 34.1 Å². The van der Waals surface area contributed by atoms with Gasteiger partial charge in [-0.2, -0.15) is 4.98 Å². The number of aromatic nitrogens is 1. The van der Waals surface area contributed by atoms with Gasteiger partial charge < -0.3 is 10.1 Å². The van der Waals surface area contributed by atoms with Crippen molar-refractivity contribution >= 4 is 17.4 Å². The molecule has 0 saturated heterocycles. The molecule has 21 heavy (non-hydrogen) atoms. The van der Waals surface area contributed by atoms with Crippen LogP contribution >= 0.6 is 11.6 Å². The summed E-state index contributed by atoms with van der Waals surface area (Å²) in [6.07, 6.45) is 0.870. The second kappa shape index (κ2) is 6.35. The molecule has 0 bridgehead atoms. The monoisotopic (exact) mass is 304 g/mol. The first-order valence-corrected chi connectivity index (χ1v) is 7.47. The maximum atomic E-state index is 6.12. The third-order valence-corrected chi connectivity index (χ3v) is 3.22. The molecule has 0 spiro atoms. The van der Waals surface area contributed by atoms with Crippen LogP contribution in [0.1, 0.15) is 33.3 Å². The highest BCUT2D eigenvalue weighted by molar-refractivity contribution is 6.31. The van der Waals surface area contributed by atoms with Gasteiger partial charge in [0.15, 0.2) is 0 Å². The van der Waals surface area contributed by atoms with Gasteiger partial charge in [-0.25, -0.2) is 0 Å². The Bertz CT molecular complexity index is 620. The number of hydrogen-bond donors (Lipinski definition) is 1. The fourth-order valence-electron chi connectivity index (χ4n) is 1.93. The van der Waals surface area contributed by atoms with Crippen LogP contribution < -0.4 is 10.1 Å². The molecule has 2 rings (SSSR count). The molecule has 0 aliphatic heterocycles. The number of anilines is 1. The van der Waals surface area contributed by atoms with Gasteiger partial charge in [-0.15, -0.1) is 0 Å². The van der Waals surface area contributed by atoms with E-state index in [4.69, 9.17) is 16.3 Å². The Kier molecular flexibility index (Phi) is 4.73. The summed E-state index contributed by atoms with van der Waals surface area (Å²) in [5, 5.41) is 4.09. The van der Waals surface area contributed by atoms with Gasteiger partial charge in [-0.1, -0.05) is 24.6 Å². The van der Waals surface area contributed by atoms with E-state index in [9.17, 15) is 0 Å². The van der Waals surface area contributed by atoms with Gasteiger partial charge in [-0.3, -0.25) is 0 Å². The van der Waals surface area contributed by atoms with Crippen molar-refractivity contribution in [2.45, 2.75) is 39.7 Å². The van der Waals surface area contributed by atoms with Crippen molar-refractivity contribution in [1.82, 2.24) is 4.98 Å². The van der Waals surface area contributed by atoms with Crippen molar-refractivity contribution in [3.63, 3.8) is 0 Å². The molecule has 0 saturated carbocycles. The van der Waals surface area contributed by atoms with Crippen molar-refractivity contribution in [3.8, 4) is 11.6 Å². The molecule has 0 radical (unpaired) electrons. The minimum atomic E-state index is -0.0404. The number of halogens is 1. The molecule has 1 N–H and O–H groups in total. The Morgan fingerprint density at radius 3 is 2.62 bits per heavy atom. The van der Waals surface area contributed by atoms with Crippen molar-refractivity contribution in [2.24, 2.45) is 0 Å². The average molecular weight is 305 g/mol. The second-order valence-corrected chi connectivity index (χ2v) is 6.35. The summed E-state index contributed by atoms with van der Waals surface area (Å²) >= 11 is 6.12. The predicted octanol–water partition coefficient (Wildman–Crippen LogP) is 5.30. The van der Waals surface area contributed by atoms with E-state index in [1.807, 2.05) is 36.4 Å². The molecule has 1 aromatic heterocycles. The van der Waals surface area contributed by atoms with Crippen LogP contribution in [0.2, 0.25) is 5.02 Å². The Hall–Kier alpha value is -1.74. The summed E-state index contributed by atoms with van der Waals surface area (Å²) in [6.45, 7) is 8.34. The largest absolute Gasteiger partial charge is 0.439 e. The molecular formula is C17H21ClN2O. The zero-order valence-corrected chi connectivity index (χ0v) is 13.7. The number of rotatable bonds is 4. The highest BCUT2D eigenvalue weighted by Crippen LogP contribution is 2.26. The van der Waals surface area contributed by atoms with E-state index in [0.29, 0.717) is 5.88 Å². The van der Waals surface area contributed by atoms with E-state index in [1.54, 1.807) is 0 Å². The zero-order chi connectivity index (χ0) is 15.5. The first kappa shape index (κ1) is 15.6. The van der Waals surface area contributed by atoms with Crippen LogP contribution in [0.4, 0.5) is 5.82 Å². The molecular weight excluding hydrogens is 284 g/mol. The molecule has 0 atom stereocenters. The molecule has 2 aromatic rings. The number of aryl methyl sites for hydroxylation is 1. The van der Waals surface area contributed by atoms with Crippen LogP contribution in [-0.4, -0.2) is 10.5 Å². The van der Waals surface area contributed by atoms with E-state index in [2.05, 4.69) is 38.0 Å². The number of ether oxygens (including phenoxy) is 1. The minimum absolute atomic E-state index is 0.0404. The second-order valence-electron chi connectivity index (χ2n) is 5.94. The van der Waals surface area contributed by atoms with Gasteiger partial charge in [0.25, 0.3) is 0 Å². The van der Waals surface area contributed by atoms with Gasteiger partial charge in [0, 0.05) is 16.6 Å². The number of nitrogens with zero attached hydrogens (tertiary/aromatic N) is 1. The fraction of sp³-hybridized carbons (Fsp3) is 0.353. The zero-order valence-electron chi connectivity index (χ0n) is 12.9. The highest BCUT2D eigenvalue weighted by Gasteiger charge is 2.11. The van der Waals surface area contributed by atoms with Crippen LogP contribution in [0.15, 0.2) is 36.4 Å². The summed E-state index contributed by atoms with van der Waals surface area (Å²) in [4.78, 5) is 4.46. The first-order chi connectivity index (χ1) is 9.87. The molecule has 0 aliphatic carbocycles. The summed E-state index contributed by atoms with van der Waals surface area (Å²) in [5.74, 6) is 2.11. The lowest BCUT2D eigenvalue weighted by atomic mass is 10.1. The third-order valence-electron chi connectivity index (χ3n) is 2.85. The Labute approximate surface area is 131 Å². The lowest BCUT2D eigenvalue weighted by Crippen LogP contribution is -2.26. The summed E-state index contributed by atoms with van der Waals surface area (Å²) in [6, 6.07) is 11.4. The number of pyridine rings is 1. The SMILES string of the molecule is CCc1cc(Oc2cccc(NC(C)(C)C)n2)ccc1Cl. The van der Waals surface area contributed by atoms with E-state index in [-0.39, 0.29) is 5.54 Å². The van der Waals surface area contributed by atoms with E-state index in [1.165, 1.54) is 0 Å². The molecule has 0 aliphatic rings. The summed E-state index contributed by atoms with van der Waals surface area (Å²) in [5.41, 5.74) is 1.03.